The van der Waals surface area contributed by atoms with Gasteiger partial charge in [0.25, 0.3) is 0 Å². The number of nitrogens with zero attached hydrogens (tertiary/aromatic N) is 1. The maximum absolute atomic E-state index is 5.82. The Hall–Kier alpha value is -1.42. The van der Waals surface area contributed by atoms with E-state index in [2.05, 4.69) is 16.8 Å². The van der Waals surface area contributed by atoms with Crippen LogP contribution in [0.4, 0.5) is 0 Å². The summed E-state index contributed by atoms with van der Waals surface area (Å²) in [6, 6.07) is 0. The second-order valence-electron chi connectivity index (χ2n) is 5.94. The molecule has 2 aliphatic heterocycles. The highest BCUT2D eigenvalue weighted by Crippen LogP contribution is 2.37. The fourth-order valence-electron chi connectivity index (χ4n) is 3.21. The van der Waals surface area contributed by atoms with Crippen LogP contribution in [0.15, 0.2) is 35.9 Å². The third kappa shape index (κ3) is 3.18. The standard InChI is InChI=1S/C16H27N3O/c1-4-14(11-15(20-3)13(2)17)19-9-6-16(7-10-19)5-8-18-12-16/h4,11,18H,1,5-10,12,17H2,2-3H3/b14-11+,15-13-. The zero-order chi connectivity index (χ0) is 14.6. The summed E-state index contributed by atoms with van der Waals surface area (Å²) in [6.45, 7) is 10.3. The Bertz CT molecular complexity index is 405. The first-order chi connectivity index (χ1) is 9.60. The zero-order valence-corrected chi connectivity index (χ0v) is 12.7. The molecule has 0 bridgehead atoms. The number of piperidine rings is 1. The van der Waals surface area contributed by atoms with E-state index in [0.29, 0.717) is 11.1 Å². The number of likely N-dealkylation sites (tertiary alicyclic amines) is 1. The third-order valence-corrected chi connectivity index (χ3v) is 4.62. The minimum atomic E-state index is 0.534. The lowest BCUT2D eigenvalue weighted by Crippen LogP contribution is -2.40. The average Bonchev–Trinajstić information content (AvgIpc) is 2.89. The van der Waals surface area contributed by atoms with Crippen LogP contribution in [0.5, 0.6) is 0 Å². The Kier molecular flexibility index (Phi) is 4.76. The van der Waals surface area contributed by atoms with Gasteiger partial charge in [0.2, 0.25) is 0 Å². The van der Waals surface area contributed by atoms with E-state index in [1.807, 2.05) is 19.1 Å². The van der Waals surface area contributed by atoms with Crippen molar-refractivity contribution in [3.05, 3.63) is 35.9 Å². The number of rotatable bonds is 4. The molecule has 2 rings (SSSR count). The van der Waals surface area contributed by atoms with Crippen molar-refractivity contribution < 1.29 is 4.74 Å². The van der Waals surface area contributed by atoms with E-state index in [1.54, 1.807) is 7.11 Å². The number of hydrogen-bond donors (Lipinski definition) is 2. The summed E-state index contributed by atoms with van der Waals surface area (Å²) >= 11 is 0. The third-order valence-electron chi connectivity index (χ3n) is 4.62. The molecule has 20 heavy (non-hydrogen) atoms. The lowest BCUT2D eigenvalue weighted by Gasteiger charge is -2.40. The van der Waals surface area contributed by atoms with E-state index in [-0.39, 0.29) is 0 Å². The summed E-state index contributed by atoms with van der Waals surface area (Å²) < 4.78 is 5.32. The molecule has 4 nitrogen and oxygen atoms in total. The molecule has 0 unspecified atom stereocenters. The fraction of sp³-hybridized carbons (Fsp3) is 0.625. The quantitative estimate of drug-likeness (QED) is 0.609. The second kappa shape index (κ2) is 6.35. The summed E-state index contributed by atoms with van der Waals surface area (Å²) in [5, 5.41) is 3.50. The maximum atomic E-state index is 5.82. The first-order valence-corrected chi connectivity index (χ1v) is 7.40. The highest BCUT2D eigenvalue weighted by atomic mass is 16.5. The Morgan fingerprint density at radius 1 is 1.35 bits per heavy atom. The van der Waals surface area contributed by atoms with Gasteiger partial charge >= 0.3 is 0 Å². The van der Waals surface area contributed by atoms with E-state index in [0.717, 1.165) is 24.5 Å². The normalized spacial score (nSPS) is 23.7. The molecule has 0 aromatic rings. The van der Waals surface area contributed by atoms with E-state index in [4.69, 9.17) is 10.5 Å². The van der Waals surface area contributed by atoms with E-state index in [9.17, 15) is 0 Å². The Labute approximate surface area is 122 Å². The van der Waals surface area contributed by atoms with Crippen LogP contribution in [-0.4, -0.2) is 38.2 Å². The molecule has 2 fully saturated rings. The molecule has 0 aromatic heterocycles. The predicted octanol–water partition coefficient (Wildman–Crippen LogP) is 1.97. The first-order valence-electron chi connectivity index (χ1n) is 7.40. The molecule has 2 aliphatic rings. The van der Waals surface area contributed by atoms with E-state index >= 15 is 0 Å². The van der Waals surface area contributed by atoms with Crippen LogP contribution in [0.2, 0.25) is 0 Å². The average molecular weight is 277 g/mol. The summed E-state index contributed by atoms with van der Waals surface area (Å²) in [5.74, 6) is 0.725. The Morgan fingerprint density at radius 3 is 2.50 bits per heavy atom. The molecule has 0 atom stereocenters. The smallest absolute Gasteiger partial charge is 0.139 e. The zero-order valence-electron chi connectivity index (χ0n) is 12.7. The molecule has 0 saturated carbocycles. The molecule has 0 radical (unpaired) electrons. The van der Waals surface area contributed by atoms with Gasteiger partial charge in [0.05, 0.1) is 7.11 Å². The van der Waals surface area contributed by atoms with Crippen molar-refractivity contribution in [1.29, 1.82) is 0 Å². The number of allylic oxidation sites excluding steroid dienone is 3. The summed E-state index contributed by atoms with van der Waals surface area (Å²) in [4.78, 5) is 2.39. The van der Waals surface area contributed by atoms with Crippen LogP contribution >= 0.6 is 0 Å². The predicted molar refractivity (Wildman–Crippen MR) is 82.9 cm³/mol. The highest BCUT2D eigenvalue weighted by Gasteiger charge is 2.37. The first kappa shape index (κ1) is 15.0. The molecule has 4 heteroatoms. The molecular formula is C16H27N3O. The van der Waals surface area contributed by atoms with Crippen molar-refractivity contribution in [2.45, 2.75) is 26.2 Å². The molecule has 112 valence electrons. The molecule has 1 spiro atoms. The van der Waals surface area contributed by atoms with Crippen molar-refractivity contribution in [2.75, 3.05) is 33.3 Å². The van der Waals surface area contributed by atoms with Gasteiger partial charge in [-0.05, 0) is 44.2 Å². The summed E-state index contributed by atoms with van der Waals surface area (Å²) in [5.41, 5.74) is 8.16. The molecule has 2 saturated heterocycles. The van der Waals surface area contributed by atoms with Gasteiger partial charge in [0.15, 0.2) is 0 Å². The lowest BCUT2D eigenvalue weighted by atomic mass is 9.77. The Morgan fingerprint density at radius 2 is 2.05 bits per heavy atom. The monoisotopic (exact) mass is 277 g/mol. The van der Waals surface area contributed by atoms with Crippen molar-refractivity contribution >= 4 is 0 Å². The fourth-order valence-corrected chi connectivity index (χ4v) is 3.21. The minimum Gasteiger partial charge on any atom is -0.495 e. The number of nitrogens with two attached hydrogens (primary N) is 1. The number of hydrogen-bond acceptors (Lipinski definition) is 4. The molecule has 2 heterocycles. The summed E-state index contributed by atoms with van der Waals surface area (Å²) in [6.07, 6.45) is 7.71. The number of methoxy groups -OCH3 is 1. The van der Waals surface area contributed by atoms with Gasteiger partial charge in [-0.15, -0.1) is 0 Å². The largest absolute Gasteiger partial charge is 0.495 e. The maximum Gasteiger partial charge on any atom is 0.139 e. The van der Waals surface area contributed by atoms with Gasteiger partial charge in [0, 0.05) is 37.1 Å². The second-order valence-corrected chi connectivity index (χ2v) is 5.94. The van der Waals surface area contributed by atoms with Crippen molar-refractivity contribution in [3.8, 4) is 0 Å². The lowest BCUT2D eigenvalue weighted by molar-refractivity contribution is 0.147. The van der Waals surface area contributed by atoms with Gasteiger partial charge in [0.1, 0.15) is 5.76 Å². The molecule has 3 N–H and O–H groups in total. The van der Waals surface area contributed by atoms with Crippen LogP contribution in [0.25, 0.3) is 0 Å². The topological polar surface area (TPSA) is 50.5 Å². The van der Waals surface area contributed by atoms with Crippen molar-refractivity contribution in [3.63, 3.8) is 0 Å². The number of ether oxygens (including phenoxy) is 1. The van der Waals surface area contributed by atoms with Crippen LogP contribution in [0.3, 0.4) is 0 Å². The van der Waals surface area contributed by atoms with Gasteiger partial charge in [-0.1, -0.05) is 6.58 Å². The summed E-state index contributed by atoms with van der Waals surface area (Å²) in [7, 11) is 1.65. The van der Waals surface area contributed by atoms with Crippen molar-refractivity contribution in [2.24, 2.45) is 11.1 Å². The SMILES string of the molecule is C=C/C(=C\C(OC)=C(/C)N)N1CCC2(CCNC2)CC1. The van der Waals surface area contributed by atoms with Crippen LogP contribution in [-0.2, 0) is 4.74 Å². The van der Waals surface area contributed by atoms with Gasteiger partial charge in [-0.2, -0.15) is 0 Å². The molecule has 0 aromatic carbocycles. The van der Waals surface area contributed by atoms with E-state index in [1.165, 1.54) is 32.4 Å². The van der Waals surface area contributed by atoms with Gasteiger partial charge < -0.3 is 20.7 Å². The number of nitrogens with one attached hydrogen (secondary N) is 1. The minimum absolute atomic E-state index is 0.534. The van der Waals surface area contributed by atoms with Crippen LogP contribution < -0.4 is 11.1 Å². The van der Waals surface area contributed by atoms with Gasteiger partial charge in [-0.3, -0.25) is 0 Å². The van der Waals surface area contributed by atoms with Crippen LogP contribution in [0.1, 0.15) is 26.2 Å². The Balaban J connectivity index is 2.05. The molecular weight excluding hydrogens is 250 g/mol. The molecule has 0 aliphatic carbocycles. The van der Waals surface area contributed by atoms with Crippen LogP contribution in [0, 0.1) is 5.41 Å². The van der Waals surface area contributed by atoms with E-state index < -0.39 is 0 Å². The molecule has 0 amide bonds. The highest BCUT2D eigenvalue weighted by molar-refractivity contribution is 5.27. The van der Waals surface area contributed by atoms with Crippen molar-refractivity contribution in [1.82, 2.24) is 10.2 Å². The van der Waals surface area contributed by atoms with Gasteiger partial charge in [-0.25, -0.2) is 0 Å².